The highest BCUT2D eigenvalue weighted by molar-refractivity contribution is 6.16. The van der Waals surface area contributed by atoms with Crippen LogP contribution in [-0.2, 0) is 0 Å². The van der Waals surface area contributed by atoms with Crippen LogP contribution in [0.2, 0.25) is 0 Å². The van der Waals surface area contributed by atoms with Gasteiger partial charge in [0, 0.05) is 45.0 Å². The number of nitrogens with one attached hydrogen (secondary N) is 1. The van der Waals surface area contributed by atoms with Gasteiger partial charge >= 0.3 is 0 Å². The fourth-order valence-electron chi connectivity index (χ4n) is 7.84. The molecule has 53 heavy (non-hydrogen) atoms. The first-order valence-electron chi connectivity index (χ1n) is 18.4. The minimum atomic E-state index is -0.246. The smallest absolute Gasteiger partial charge is 0.196 e. The molecule has 0 radical (unpaired) electrons. The summed E-state index contributed by atoms with van der Waals surface area (Å²) < 4.78 is 6.52. The number of fused-ring (bicyclic) bond motifs is 5. The molecular weight excluding hydrogens is 649 g/mol. The van der Waals surface area contributed by atoms with Crippen LogP contribution >= 0.6 is 0 Å². The summed E-state index contributed by atoms with van der Waals surface area (Å²) in [6, 6.07) is 46.4. The third kappa shape index (κ3) is 5.81. The van der Waals surface area contributed by atoms with Crippen LogP contribution in [0.4, 0.5) is 5.69 Å². The lowest BCUT2D eigenvalue weighted by Crippen LogP contribution is -2.20. The average molecular weight is 685 g/mol. The Balaban J connectivity index is 1.06. The van der Waals surface area contributed by atoms with Crippen molar-refractivity contribution in [1.82, 2.24) is 9.97 Å². The molecule has 2 aliphatic heterocycles. The number of nitrogens with zero attached hydrogens (tertiary/aromatic N) is 3. The Kier molecular flexibility index (Phi) is 7.76. The fourth-order valence-corrected chi connectivity index (χ4v) is 7.84. The number of ether oxygens (including phenoxy) is 1. The minimum Gasteiger partial charge on any atom is -0.464 e. The Labute approximate surface area is 309 Å². The maximum absolute atomic E-state index is 6.52. The topological polar surface area (TPSA) is 59.4 Å². The zero-order valence-electron chi connectivity index (χ0n) is 29.1. The van der Waals surface area contributed by atoms with E-state index in [1.54, 1.807) is 0 Å². The van der Waals surface area contributed by atoms with Crippen molar-refractivity contribution in [3.05, 3.63) is 203 Å². The van der Waals surface area contributed by atoms with Crippen LogP contribution in [0.3, 0.4) is 0 Å². The number of aromatic nitrogens is 2. The van der Waals surface area contributed by atoms with Crippen molar-refractivity contribution >= 4 is 22.5 Å². The van der Waals surface area contributed by atoms with Gasteiger partial charge in [0.2, 0.25) is 0 Å². The Hall–Kier alpha value is -6.59. The largest absolute Gasteiger partial charge is 0.464 e. The molecule has 0 amide bonds. The molecule has 2 unspecified atom stereocenters. The zero-order valence-corrected chi connectivity index (χ0v) is 29.1. The molecule has 6 aromatic rings. The number of rotatable bonds is 6. The molecule has 0 fully saturated rings. The van der Waals surface area contributed by atoms with Gasteiger partial charge in [0.05, 0.1) is 22.8 Å². The molecule has 2 aliphatic carbocycles. The standard InChI is InChI=1S/C48H36N4O/c1-5-13-31(14-6-1)37-25-26-38-42(29-37)49-45(39-27-28-43-46(44(38)39)52-48(53-43)36-19-11-4-12-20-36)34-23-21-33(22-24-34)41-30-40(32-15-7-2-8-16-32)50-47(51-41)35-17-9-3-10-18-35/h1-2,4-9,11-25,27-30,38,48,52H,3,10,26H2. The Morgan fingerprint density at radius 2 is 1.30 bits per heavy atom. The van der Waals surface area contributed by atoms with Gasteiger partial charge < -0.3 is 10.1 Å². The highest BCUT2D eigenvalue weighted by Crippen LogP contribution is 2.51. The lowest BCUT2D eigenvalue weighted by Gasteiger charge is -2.31. The molecule has 0 saturated heterocycles. The first-order chi connectivity index (χ1) is 26.2. The van der Waals surface area contributed by atoms with E-state index in [1.165, 1.54) is 16.7 Å². The predicted molar refractivity (Wildman–Crippen MR) is 215 cm³/mol. The van der Waals surface area contributed by atoms with Crippen molar-refractivity contribution in [2.45, 2.75) is 31.4 Å². The summed E-state index contributed by atoms with van der Waals surface area (Å²) in [5.74, 6) is 1.74. The SMILES string of the molecule is C1=CC(c2nc(-c3ccccc3)cc(-c3ccc(C4=NC5=CC(c6ccccc6)=CCC5c5c4ccc4c5NC(c5ccccc5)O4)cc3)n2)=CCC1. The van der Waals surface area contributed by atoms with Crippen LogP contribution in [0.1, 0.15) is 65.0 Å². The van der Waals surface area contributed by atoms with Crippen LogP contribution in [-0.4, -0.2) is 15.7 Å². The maximum Gasteiger partial charge on any atom is 0.196 e. The molecule has 4 aliphatic rings. The molecule has 0 saturated carbocycles. The molecule has 2 atom stereocenters. The molecule has 5 heteroatoms. The van der Waals surface area contributed by atoms with Crippen LogP contribution in [0.15, 0.2) is 175 Å². The van der Waals surface area contributed by atoms with Gasteiger partial charge in [-0.1, -0.05) is 140 Å². The molecule has 10 rings (SSSR count). The highest BCUT2D eigenvalue weighted by atomic mass is 16.5. The molecule has 5 aromatic carbocycles. The molecule has 0 spiro atoms. The van der Waals surface area contributed by atoms with Gasteiger partial charge in [-0.15, -0.1) is 0 Å². The van der Waals surface area contributed by atoms with E-state index < -0.39 is 0 Å². The van der Waals surface area contributed by atoms with Crippen molar-refractivity contribution in [2.75, 3.05) is 5.32 Å². The van der Waals surface area contributed by atoms with Gasteiger partial charge in [0.25, 0.3) is 0 Å². The normalized spacial score (nSPS) is 18.3. The number of anilines is 1. The number of hydrogen-bond donors (Lipinski definition) is 1. The number of hydrogen-bond acceptors (Lipinski definition) is 5. The highest BCUT2D eigenvalue weighted by Gasteiger charge is 2.36. The van der Waals surface area contributed by atoms with Crippen molar-refractivity contribution in [3.8, 4) is 28.3 Å². The molecule has 3 heterocycles. The number of aliphatic imine (C=N–C) groups is 1. The third-order valence-electron chi connectivity index (χ3n) is 10.5. The van der Waals surface area contributed by atoms with Crippen molar-refractivity contribution in [1.29, 1.82) is 0 Å². The van der Waals surface area contributed by atoms with Gasteiger partial charge in [-0.3, -0.25) is 4.99 Å². The average Bonchev–Trinajstić information content (AvgIpc) is 3.69. The summed E-state index contributed by atoms with van der Waals surface area (Å²) in [5.41, 5.74) is 15.0. The monoisotopic (exact) mass is 684 g/mol. The van der Waals surface area contributed by atoms with Gasteiger partial charge in [0.15, 0.2) is 12.1 Å². The van der Waals surface area contributed by atoms with Crippen molar-refractivity contribution in [2.24, 2.45) is 4.99 Å². The molecule has 0 bridgehead atoms. The number of benzene rings is 5. The quantitative estimate of drug-likeness (QED) is 0.190. The molecule has 1 aromatic heterocycles. The summed E-state index contributed by atoms with van der Waals surface area (Å²) in [7, 11) is 0. The third-order valence-corrected chi connectivity index (χ3v) is 10.5. The summed E-state index contributed by atoms with van der Waals surface area (Å²) in [6.45, 7) is 0. The van der Waals surface area contributed by atoms with Crippen LogP contribution < -0.4 is 10.1 Å². The van der Waals surface area contributed by atoms with E-state index in [9.17, 15) is 0 Å². The summed E-state index contributed by atoms with van der Waals surface area (Å²) in [6.07, 6.45) is 13.9. The van der Waals surface area contributed by atoms with E-state index in [-0.39, 0.29) is 12.1 Å². The van der Waals surface area contributed by atoms with E-state index in [4.69, 9.17) is 19.7 Å². The summed E-state index contributed by atoms with van der Waals surface area (Å²) in [4.78, 5) is 15.6. The van der Waals surface area contributed by atoms with E-state index >= 15 is 0 Å². The van der Waals surface area contributed by atoms with E-state index in [0.29, 0.717) is 0 Å². The molecule has 5 nitrogen and oxygen atoms in total. The second-order valence-corrected chi connectivity index (χ2v) is 13.8. The van der Waals surface area contributed by atoms with Gasteiger partial charge in [-0.2, -0.15) is 0 Å². The Morgan fingerprint density at radius 1 is 0.623 bits per heavy atom. The Morgan fingerprint density at radius 3 is 2.02 bits per heavy atom. The van der Waals surface area contributed by atoms with E-state index in [1.807, 2.05) is 12.1 Å². The molecule has 254 valence electrons. The first kappa shape index (κ1) is 31.2. The van der Waals surface area contributed by atoms with E-state index in [0.717, 1.165) is 92.7 Å². The van der Waals surface area contributed by atoms with Crippen molar-refractivity contribution < 1.29 is 4.74 Å². The number of allylic oxidation sites excluding steroid dienone is 8. The van der Waals surface area contributed by atoms with Crippen LogP contribution in [0.25, 0.3) is 33.7 Å². The second-order valence-electron chi connectivity index (χ2n) is 13.8. The van der Waals surface area contributed by atoms with Gasteiger partial charge in [-0.25, -0.2) is 9.97 Å². The van der Waals surface area contributed by atoms with E-state index in [2.05, 4.69) is 157 Å². The minimum absolute atomic E-state index is 0.111. The van der Waals surface area contributed by atoms with Gasteiger partial charge in [0.1, 0.15) is 5.75 Å². The second kappa shape index (κ2) is 13.2. The lowest BCUT2D eigenvalue weighted by atomic mass is 9.78. The summed E-state index contributed by atoms with van der Waals surface area (Å²) in [5, 5.41) is 3.76. The van der Waals surface area contributed by atoms with Crippen molar-refractivity contribution in [3.63, 3.8) is 0 Å². The lowest BCUT2D eigenvalue weighted by molar-refractivity contribution is 0.260. The van der Waals surface area contributed by atoms with Gasteiger partial charge in [-0.05, 0) is 60.2 Å². The fraction of sp³-hybridized carbons (Fsp3) is 0.104. The predicted octanol–water partition coefficient (Wildman–Crippen LogP) is 11.4. The maximum atomic E-state index is 6.52. The first-order valence-corrected chi connectivity index (χ1v) is 18.4. The van der Waals surface area contributed by atoms with Crippen LogP contribution in [0, 0.1) is 0 Å². The van der Waals surface area contributed by atoms with Crippen LogP contribution in [0.5, 0.6) is 5.75 Å². The Bertz CT molecular complexity index is 2510. The summed E-state index contributed by atoms with van der Waals surface area (Å²) >= 11 is 0. The molecular formula is C48H36N4O. The molecule has 1 N–H and O–H groups in total. The zero-order chi connectivity index (χ0) is 35.1.